The summed E-state index contributed by atoms with van der Waals surface area (Å²) in [4.78, 5) is 23.0. The minimum atomic E-state index is -2.78. The van der Waals surface area contributed by atoms with Crippen LogP contribution in [0.25, 0.3) is 0 Å². The van der Waals surface area contributed by atoms with Crippen molar-refractivity contribution in [2.45, 2.75) is 27.2 Å². The highest BCUT2D eigenvalue weighted by molar-refractivity contribution is 6.11. The molecule has 0 fully saturated rings. The zero-order chi connectivity index (χ0) is 23.5. The van der Waals surface area contributed by atoms with Gasteiger partial charge >= 0.3 is 5.97 Å². The van der Waals surface area contributed by atoms with Crippen LogP contribution in [0.2, 0.25) is 0 Å². The molecule has 168 valence electrons. The fraction of sp³-hybridized carbons (Fsp3) is 0.217. The molecule has 0 bridgehead atoms. The fourth-order valence-corrected chi connectivity index (χ4v) is 2.52. The van der Waals surface area contributed by atoms with Gasteiger partial charge in [-0.25, -0.2) is 18.6 Å². The number of alkyl halides is 2. The lowest BCUT2D eigenvalue weighted by atomic mass is 10.2. The van der Waals surface area contributed by atoms with Crippen molar-refractivity contribution >= 4 is 17.7 Å². The number of para-hydroxylation sites is 1. The Morgan fingerprint density at radius 3 is 2.50 bits per heavy atom. The van der Waals surface area contributed by atoms with Crippen LogP contribution in [0.1, 0.15) is 54.6 Å². The summed E-state index contributed by atoms with van der Waals surface area (Å²) in [6, 6.07) is 14.0. The third-order valence-electron chi connectivity index (χ3n) is 3.86. The molecule has 0 aliphatic rings. The van der Waals surface area contributed by atoms with Crippen molar-refractivity contribution in [3.8, 4) is 5.75 Å². The number of aromatic nitrogens is 2. The SMILES string of the molecule is CC.CCOC(=O)c1cc[nH]c1C(=NC(=N)c1cccc(C(F)F)n1)Oc1ccccc1. The molecule has 0 unspecified atom stereocenters. The molecule has 0 amide bonds. The van der Waals surface area contributed by atoms with E-state index in [-0.39, 0.29) is 29.5 Å². The second-order valence-electron chi connectivity index (χ2n) is 5.92. The van der Waals surface area contributed by atoms with Crippen molar-refractivity contribution in [2.24, 2.45) is 4.99 Å². The summed E-state index contributed by atoms with van der Waals surface area (Å²) in [5.41, 5.74) is -0.183. The normalized spacial score (nSPS) is 10.9. The summed E-state index contributed by atoms with van der Waals surface area (Å²) in [7, 11) is 0. The molecular formula is C23H24F2N4O3. The predicted molar refractivity (Wildman–Crippen MR) is 118 cm³/mol. The molecule has 0 aliphatic carbocycles. The molecule has 3 aromatic rings. The minimum Gasteiger partial charge on any atom is -0.462 e. The van der Waals surface area contributed by atoms with E-state index < -0.39 is 23.9 Å². The van der Waals surface area contributed by atoms with Gasteiger partial charge in [0.25, 0.3) is 6.43 Å². The number of pyridine rings is 1. The van der Waals surface area contributed by atoms with Crippen LogP contribution < -0.4 is 4.74 Å². The molecular weight excluding hydrogens is 418 g/mol. The number of carbonyl (C=O) groups excluding carboxylic acids is 1. The van der Waals surface area contributed by atoms with Gasteiger partial charge in [0.05, 0.1) is 12.2 Å². The molecule has 9 heteroatoms. The molecule has 32 heavy (non-hydrogen) atoms. The van der Waals surface area contributed by atoms with E-state index in [2.05, 4.69) is 15.0 Å². The number of hydrogen-bond donors (Lipinski definition) is 2. The third kappa shape index (κ3) is 6.31. The summed E-state index contributed by atoms with van der Waals surface area (Å²) in [6.07, 6.45) is -1.27. The van der Waals surface area contributed by atoms with Crippen LogP contribution in [-0.2, 0) is 4.74 Å². The zero-order valence-electron chi connectivity index (χ0n) is 17.9. The van der Waals surface area contributed by atoms with Crippen molar-refractivity contribution in [1.82, 2.24) is 9.97 Å². The zero-order valence-corrected chi connectivity index (χ0v) is 17.9. The van der Waals surface area contributed by atoms with Crippen LogP contribution in [0, 0.1) is 5.41 Å². The first-order valence-electron chi connectivity index (χ1n) is 10.00. The van der Waals surface area contributed by atoms with Gasteiger partial charge in [-0.15, -0.1) is 0 Å². The van der Waals surface area contributed by atoms with Gasteiger partial charge in [0.15, 0.2) is 5.84 Å². The number of carbonyl (C=O) groups is 1. The van der Waals surface area contributed by atoms with Crippen LogP contribution >= 0.6 is 0 Å². The third-order valence-corrected chi connectivity index (χ3v) is 3.86. The number of nitrogens with zero attached hydrogens (tertiary/aromatic N) is 2. The number of aromatic amines is 1. The van der Waals surface area contributed by atoms with E-state index in [4.69, 9.17) is 14.9 Å². The molecule has 0 saturated carbocycles. The molecule has 0 spiro atoms. The van der Waals surface area contributed by atoms with Crippen molar-refractivity contribution in [2.75, 3.05) is 6.61 Å². The standard InChI is InChI=1S/C21H18F2N4O3.C2H6/c1-2-29-21(28)14-11-12-25-17(14)20(30-13-7-4-3-5-8-13)27-19(24)16-10-6-9-15(26-16)18(22)23;1-2/h3-12,18,24-25H,2H2,1H3;1-2H3. The van der Waals surface area contributed by atoms with Crippen LogP contribution in [0.4, 0.5) is 8.78 Å². The highest BCUT2D eigenvalue weighted by atomic mass is 19.3. The van der Waals surface area contributed by atoms with E-state index in [1.54, 1.807) is 37.3 Å². The largest absolute Gasteiger partial charge is 0.462 e. The van der Waals surface area contributed by atoms with Gasteiger partial charge in [0.1, 0.15) is 22.8 Å². The number of halogens is 2. The van der Waals surface area contributed by atoms with Crippen LogP contribution in [0.15, 0.2) is 65.8 Å². The van der Waals surface area contributed by atoms with E-state index in [1.165, 1.54) is 24.4 Å². The monoisotopic (exact) mass is 442 g/mol. The average Bonchev–Trinajstić information content (AvgIpc) is 3.31. The maximum absolute atomic E-state index is 12.9. The van der Waals surface area contributed by atoms with E-state index in [9.17, 15) is 13.6 Å². The lowest BCUT2D eigenvalue weighted by Gasteiger charge is -2.10. The van der Waals surface area contributed by atoms with Crippen molar-refractivity contribution in [3.05, 3.63) is 83.4 Å². The van der Waals surface area contributed by atoms with E-state index in [0.29, 0.717) is 5.75 Å². The van der Waals surface area contributed by atoms with Crippen LogP contribution in [0.3, 0.4) is 0 Å². The van der Waals surface area contributed by atoms with Crippen molar-refractivity contribution < 1.29 is 23.0 Å². The second kappa shape index (κ2) is 12.1. The summed E-state index contributed by atoms with van der Waals surface area (Å²) in [5.74, 6) is -0.707. The lowest BCUT2D eigenvalue weighted by Crippen LogP contribution is -2.18. The van der Waals surface area contributed by atoms with Gasteiger partial charge < -0.3 is 14.5 Å². The molecule has 1 aromatic carbocycles. The van der Waals surface area contributed by atoms with Crippen LogP contribution in [-0.4, -0.2) is 34.3 Å². The Kier molecular flexibility index (Phi) is 9.22. The van der Waals surface area contributed by atoms with Crippen LogP contribution in [0.5, 0.6) is 5.75 Å². The van der Waals surface area contributed by atoms with E-state index in [1.807, 2.05) is 13.8 Å². The summed E-state index contributed by atoms with van der Waals surface area (Å²) >= 11 is 0. The van der Waals surface area contributed by atoms with Gasteiger partial charge in [-0.2, -0.15) is 4.99 Å². The highest BCUT2D eigenvalue weighted by Crippen LogP contribution is 2.18. The summed E-state index contributed by atoms with van der Waals surface area (Å²) in [6.45, 7) is 5.85. The first-order valence-corrected chi connectivity index (χ1v) is 10.00. The minimum absolute atomic E-state index is 0.0637. The Morgan fingerprint density at radius 1 is 1.12 bits per heavy atom. The average molecular weight is 442 g/mol. The predicted octanol–water partition coefficient (Wildman–Crippen LogP) is 5.40. The van der Waals surface area contributed by atoms with E-state index in [0.717, 1.165) is 6.07 Å². The maximum Gasteiger partial charge on any atom is 0.340 e. The molecule has 7 nitrogen and oxygen atoms in total. The lowest BCUT2D eigenvalue weighted by molar-refractivity contribution is 0.0526. The number of ether oxygens (including phenoxy) is 2. The Bertz CT molecular complexity index is 1070. The number of rotatable bonds is 6. The van der Waals surface area contributed by atoms with Crippen molar-refractivity contribution in [3.63, 3.8) is 0 Å². The first-order chi connectivity index (χ1) is 15.5. The van der Waals surface area contributed by atoms with Gasteiger partial charge in [-0.05, 0) is 37.3 Å². The Morgan fingerprint density at radius 2 is 1.84 bits per heavy atom. The van der Waals surface area contributed by atoms with Gasteiger partial charge in [-0.1, -0.05) is 38.1 Å². The molecule has 2 heterocycles. The quantitative estimate of drug-likeness (QED) is 0.303. The smallest absolute Gasteiger partial charge is 0.340 e. The Balaban J connectivity index is 0.00000176. The molecule has 2 aromatic heterocycles. The molecule has 0 saturated heterocycles. The van der Waals surface area contributed by atoms with Gasteiger partial charge in [0, 0.05) is 6.20 Å². The number of H-pyrrole nitrogens is 1. The number of amidine groups is 1. The topological polar surface area (TPSA) is 100 Å². The number of nitrogens with one attached hydrogen (secondary N) is 2. The van der Waals surface area contributed by atoms with Crippen molar-refractivity contribution in [1.29, 1.82) is 5.41 Å². The number of benzene rings is 1. The molecule has 0 atom stereocenters. The van der Waals surface area contributed by atoms with Gasteiger partial charge in [-0.3, -0.25) is 5.41 Å². The second-order valence-corrected chi connectivity index (χ2v) is 5.92. The number of esters is 1. The van der Waals surface area contributed by atoms with E-state index >= 15 is 0 Å². The Labute approximate surface area is 184 Å². The fourth-order valence-electron chi connectivity index (χ4n) is 2.52. The molecule has 3 rings (SSSR count). The maximum atomic E-state index is 12.9. The molecule has 0 radical (unpaired) electrons. The molecule has 2 N–H and O–H groups in total. The highest BCUT2D eigenvalue weighted by Gasteiger charge is 2.21. The Hall–Kier alpha value is -3.88. The summed E-state index contributed by atoms with van der Waals surface area (Å²) < 4.78 is 36.7. The number of aliphatic imine (C=N–C) groups is 1. The summed E-state index contributed by atoms with van der Waals surface area (Å²) in [5, 5.41) is 8.22. The van der Waals surface area contributed by atoms with Gasteiger partial charge in [0.2, 0.25) is 5.90 Å². The molecule has 0 aliphatic heterocycles. The first kappa shape index (κ1) is 24.4. The number of hydrogen-bond acceptors (Lipinski definition) is 5.